The van der Waals surface area contributed by atoms with Crippen LogP contribution in [0.2, 0.25) is 0 Å². The van der Waals surface area contributed by atoms with Crippen LogP contribution in [0.4, 0.5) is 5.69 Å². The molecule has 1 aliphatic rings. The lowest BCUT2D eigenvalue weighted by molar-refractivity contribution is -0.117. The first-order valence-electron chi connectivity index (χ1n) is 8.93. The molecule has 1 saturated heterocycles. The van der Waals surface area contributed by atoms with E-state index in [0.717, 1.165) is 12.1 Å². The van der Waals surface area contributed by atoms with Crippen molar-refractivity contribution in [2.45, 2.75) is 12.8 Å². The molecule has 1 aromatic heterocycles. The van der Waals surface area contributed by atoms with Crippen LogP contribution in [0.3, 0.4) is 0 Å². The van der Waals surface area contributed by atoms with Gasteiger partial charge < -0.3 is 9.64 Å². The van der Waals surface area contributed by atoms with Gasteiger partial charge in [0.25, 0.3) is 0 Å². The molecule has 0 atom stereocenters. The van der Waals surface area contributed by atoms with Crippen molar-refractivity contribution in [2.24, 2.45) is 0 Å². The molecule has 2 heterocycles. The van der Waals surface area contributed by atoms with Gasteiger partial charge in [-0.25, -0.2) is 4.79 Å². The van der Waals surface area contributed by atoms with Crippen LogP contribution in [0.5, 0.6) is 5.75 Å². The molecule has 0 unspecified atom stereocenters. The number of carbonyl (C=O) groups is 3. The number of benzene rings is 2. The Morgan fingerprint density at radius 1 is 0.929 bits per heavy atom. The summed E-state index contributed by atoms with van der Waals surface area (Å²) >= 11 is 1.33. The summed E-state index contributed by atoms with van der Waals surface area (Å²) in [4.78, 5) is 39.5. The molecular formula is C22H17NO4S. The Kier molecular flexibility index (Phi) is 5.04. The Hall–Kier alpha value is -3.25. The summed E-state index contributed by atoms with van der Waals surface area (Å²) in [5, 5.41) is 1.82. The van der Waals surface area contributed by atoms with Crippen molar-refractivity contribution in [1.29, 1.82) is 0 Å². The van der Waals surface area contributed by atoms with Gasteiger partial charge in [-0.05, 0) is 48.2 Å². The lowest BCUT2D eigenvalue weighted by atomic mass is 10.0. The zero-order valence-corrected chi connectivity index (χ0v) is 15.8. The Morgan fingerprint density at radius 3 is 2.32 bits per heavy atom. The van der Waals surface area contributed by atoms with Gasteiger partial charge in [0.1, 0.15) is 5.75 Å². The first-order valence-corrected chi connectivity index (χ1v) is 9.81. The SMILES string of the molecule is O=C(Oc1ccc(N2CCCC2=O)cc1)c1ccccc1C(=O)c1cccs1. The van der Waals surface area contributed by atoms with Crippen molar-refractivity contribution in [3.8, 4) is 5.75 Å². The fourth-order valence-corrected chi connectivity index (χ4v) is 3.85. The molecular weight excluding hydrogens is 374 g/mol. The van der Waals surface area contributed by atoms with Crippen LogP contribution >= 0.6 is 11.3 Å². The Balaban J connectivity index is 1.53. The summed E-state index contributed by atoms with van der Waals surface area (Å²) in [6.07, 6.45) is 1.41. The monoisotopic (exact) mass is 391 g/mol. The van der Waals surface area contributed by atoms with E-state index < -0.39 is 5.97 Å². The number of nitrogens with zero attached hydrogens (tertiary/aromatic N) is 1. The molecule has 3 aromatic rings. The molecule has 0 radical (unpaired) electrons. The number of anilines is 1. The third-order valence-electron chi connectivity index (χ3n) is 4.57. The quantitative estimate of drug-likeness (QED) is 0.369. The number of ketones is 1. The summed E-state index contributed by atoms with van der Waals surface area (Å²) < 4.78 is 5.46. The van der Waals surface area contributed by atoms with Crippen LogP contribution in [-0.4, -0.2) is 24.2 Å². The topological polar surface area (TPSA) is 63.7 Å². The highest BCUT2D eigenvalue weighted by Gasteiger charge is 2.22. The molecule has 0 bridgehead atoms. The van der Waals surface area contributed by atoms with E-state index in [-0.39, 0.29) is 17.3 Å². The standard InChI is InChI=1S/C22H17NO4S/c24-20-8-3-13-23(20)15-9-11-16(12-10-15)27-22(26)18-6-2-1-5-17(18)21(25)19-7-4-14-28-19/h1-2,4-7,9-12,14H,3,8,13H2. The van der Waals surface area contributed by atoms with Gasteiger partial charge in [-0.2, -0.15) is 0 Å². The molecule has 0 spiro atoms. The summed E-state index contributed by atoms with van der Waals surface area (Å²) in [7, 11) is 0. The second-order valence-electron chi connectivity index (χ2n) is 6.38. The van der Waals surface area contributed by atoms with Crippen molar-refractivity contribution >= 4 is 34.7 Å². The van der Waals surface area contributed by atoms with Crippen LogP contribution in [0.25, 0.3) is 0 Å². The molecule has 6 heteroatoms. The van der Waals surface area contributed by atoms with E-state index in [4.69, 9.17) is 4.74 Å². The molecule has 0 saturated carbocycles. The Bertz CT molecular complexity index is 1020. The summed E-state index contributed by atoms with van der Waals surface area (Å²) in [6.45, 7) is 0.705. The lowest BCUT2D eigenvalue weighted by Crippen LogP contribution is -2.23. The van der Waals surface area contributed by atoms with Crippen LogP contribution < -0.4 is 9.64 Å². The normalized spacial score (nSPS) is 13.6. The van der Waals surface area contributed by atoms with Gasteiger partial charge in [-0.3, -0.25) is 9.59 Å². The third-order valence-corrected chi connectivity index (χ3v) is 5.44. The van der Waals surface area contributed by atoms with E-state index in [1.54, 1.807) is 65.6 Å². The Morgan fingerprint density at radius 2 is 1.68 bits per heavy atom. The first kappa shape index (κ1) is 18.1. The molecule has 1 aliphatic heterocycles. The van der Waals surface area contributed by atoms with E-state index in [1.165, 1.54) is 11.3 Å². The van der Waals surface area contributed by atoms with Crippen molar-refractivity contribution in [3.05, 3.63) is 82.0 Å². The van der Waals surface area contributed by atoms with Crippen molar-refractivity contribution < 1.29 is 19.1 Å². The number of thiophene rings is 1. The maximum Gasteiger partial charge on any atom is 0.344 e. The predicted octanol–water partition coefficient (Wildman–Crippen LogP) is 4.33. The average Bonchev–Trinajstić information content (AvgIpc) is 3.40. The number of amides is 1. The van der Waals surface area contributed by atoms with Crippen LogP contribution in [-0.2, 0) is 4.79 Å². The van der Waals surface area contributed by atoms with Gasteiger partial charge in [0.05, 0.1) is 10.4 Å². The van der Waals surface area contributed by atoms with Gasteiger partial charge in [0.15, 0.2) is 0 Å². The van der Waals surface area contributed by atoms with Gasteiger partial charge in [0.2, 0.25) is 11.7 Å². The van der Waals surface area contributed by atoms with Gasteiger partial charge >= 0.3 is 5.97 Å². The van der Waals surface area contributed by atoms with Crippen molar-refractivity contribution in [1.82, 2.24) is 0 Å². The maximum absolute atomic E-state index is 12.7. The molecule has 0 N–H and O–H groups in total. The molecule has 28 heavy (non-hydrogen) atoms. The molecule has 5 nitrogen and oxygen atoms in total. The zero-order chi connectivity index (χ0) is 19.5. The highest BCUT2D eigenvalue weighted by atomic mass is 32.1. The highest BCUT2D eigenvalue weighted by molar-refractivity contribution is 7.12. The lowest BCUT2D eigenvalue weighted by Gasteiger charge is -2.16. The number of carbonyl (C=O) groups excluding carboxylic acids is 3. The summed E-state index contributed by atoms with van der Waals surface area (Å²) in [5.41, 5.74) is 1.32. The number of hydrogen-bond donors (Lipinski definition) is 0. The molecule has 140 valence electrons. The minimum absolute atomic E-state index is 0.103. The summed E-state index contributed by atoms with van der Waals surface area (Å²) in [6, 6.07) is 17.0. The van der Waals surface area contributed by atoms with Crippen molar-refractivity contribution in [3.63, 3.8) is 0 Å². The van der Waals surface area contributed by atoms with Gasteiger partial charge in [0, 0.05) is 24.2 Å². The fraction of sp³-hybridized carbons (Fsp3) is 0.136. The first-order chi connectivity index (χ1) is 13.6. The van der Waals surface area contributed by atoms with E-state index in [1.807, 2.05) is 5.38 Å². The van der Waals surface area contributed by atoms with Gasteiger partial charge in [-0.1, -0.05) is 24.3 Å². The minimum atomic E-state index is -0.592. The number of ether oxygens (including phenoxy) is 1. The molecule has 1 fully saturated rings. The largest absolute Gasteiger partial charge is 0.423 e. The van der Waals surface area contributed by atoms with E-state index >= 15 is 0 Å². The third kappa shape index (κ3) is 3.59. The second-order valence-corrected chi connectivity index (χ2v) is 7.33. The van der Waals surface area contributed by atoms with Crippen LogP contribution in [0, 0.1) is 0 Å². The smallest absolute Gasteiger partial charge is 0.344 e. The van der Waals surface area contributed by atoms with E-state index in [9.17, 15) is 14.4 Å². The number of esters is 1. The average molecular weight is 391 g/mol. The summed E-state index contributed by atoms with van der Waals surface area (Å²) in [5.74, 6) is -0.333. The van der Waals surface area contributed by atoms with Crippen molar-refractivity contribution in [2.75, 3.05) is 11.4 Å². The fourth-order valence-electron chi connectivity index (χ4n) is 3.18. The second kappa shape index (κ2) is 7.78. The molecule has 2 aromatic carbocycles. The highest BCUT2D eigenvalue weighted by Crippen LogP contribution is 2.25. The predicted molar refractivity (Wildman–Crippen MR) is 107 cm³/mol. The van der Waals surface area contributed by atoms with E-state index in [0.29, 0.717) is 29.2 Å². The number of hydrogen-bond acceptors (Lipinski definition) is 5. The van der Waals surface area contributed by atoms with Crippen LogP contribution in [0.1, 0.15) is 38.4 Å². The number of rotatable bonds is 5. The van der Waals surface area contributed by atoms with Crippen LogP contribution in [0.15, 0.2) is 66.0 Å². The molecule has 4 rings (SSSR count). The maximum atomic E-state index is 12.7. The molecule has 1 amide bonds. The minimum Gasteiger partial charge on any atom is -0.423 e. The van der Waals surface area contributed by atoms with Gasteiger partial charge in [-0.15, -0.1) is 11.3 Å². The molecule has 0 aliphatic carbocycles. The zero-order valence-electron chi connectivity index (χ0n) is 15.0. The Labute approximate surface area is 166 Å². The van der Waals surface area contributed by atoms with E-state index in [2.05, 4.69) is 0 Å².